The van der Waals surface area contributed by atoms with E-state index in [4.69, 9.17) is 14.5 Å². The third-order valence-electron chi connectivity index (χ3n) is 5.81. The number of rotatable bonds is 4. The Morgan fingerprint density at radius 3 is 2.80 bits per heavy atom. The summed E-state index contributed by atoms with van der Waals surface area (Å²) in [6, 6.07) is 7.02. The first kappa shape index (κ1) is 17.1. The highest BCUT2D eigenvalue weighted by Crippen LogP contribution is 2.26. The number of hydrogen-bond donors (Lipinski definition) is 0. The van der Waals surface area contributed by atoms with Crippen molar-refractivity contribution in [2.45, 2.75) is 57.1 Å². The molecule has 1 unspecified atom stereocenters. The molecule has 0 radical (unpaired) electrons. The molecule has 0 spiro atoms. The Labute approximate surface area is 151 Å². The standard InChI is InChI=1S/C20H31N3O2/c1-2-15-24-16-18(8-1)25-20-10-4-9-19(21-20)23-12-5-11-22(13-14-23)17-6-3-7-17/h4,9-10,17-18H,1-3,5-8,11-16H2. The quantitative estimate of drug-likeness (QED) is 0.838. The Kier molecular flexibility index (Phi) is 5.72. The van der Waals surface area contributed by atoms with Gasteiger partial charge in [-0.3, -0.25) is 4.90 Å². The molecule has 1 atom stereocenters. The molecule has 3 fully saturated rings. The van der Waals surface area contributed by atoms with Gasteiger partial charge in [0.2, 0.25) is 5.88 Å². The summed E-state index contributed by atoms with van der Waals surface area (Å²) in [5.74, 6) is 1.80. The maximum absolute atomic E-state index is 6.11. The first-order valence-electron chi connectivity index (χ1n) is 10.1. The minimum Gasteiger partial charge on any atom is -0.472 e. The SMILES string of the molecule is c1cc(OC2CCCCOC2)nc(N2CCCN(C3CCC3)CC2)c1. The fraction of sp³-hybridized carbons (Fsp3) is 0.750. The van der Waals surface area contributed by atoms with E-state index in [1.165, 1.54) is 38.6 Å². The molecule has 138 valence electrons. The summed E-state index contributed by atoms with van der Waals surface area (Å²) in [6.07, 6.45) is 8.94. The van der Waals surface area contributed by atoms with Gasteiger partial charge in [0.05, 0.1) is 6.61 Å². The number of anilines is 1. The van der Waals surface area contributed by atoms with Crippen LogP contribution in [0.15, 0.2) is 18.2 Å². The maximum atomic E-state index is 6.11. The van der Waals surface area contributed by atoms with Gasteiger partial charge >= 0.3 is 0 Å². The van der Waals surface area contributed by atoms with Crippen molar-refractivity contribution in [2.24, 2.45) is 0 Å². The Morgan fingerprint density at radius 2 is 1.92 bits per heavy atom. The first-order valence-corrected chi connectivity index (χ1v) is 10.1. The average molecular weight is 345 g/mol. The summed E-state index contributed by atoms with van der Waals surface area (Å²) >= 11 is 0. The Morgan fingerprint density at radius 1 is 0.960 bits per heavy atom. The van der Waals surface area contributed by atoms with Crippen molar-refractivity contribution in [3.05, 3.63) is 18.2 Å². The third kappa shape index (κ3) is 4.45. The summed E-state index contributed by atoms with van der Waals surface area (Å²) in [5, 5.41) is 0. The molecule has 25 heavy (non-hydrogen) atoms. The van der Waals surface area contributed by atoms with Gasteiger partial charge in [-0.2, -0.15) is 4.98 Å². The predicted molar refractivity (Wildman–Crippen MR) is 99.4 cm³/mol. The van der Waals surface area contributed by atoms with Gasteiger partial charge in [-0.05, 0) is 44.6 Å². The largest absolute Gasteiger partial charge is 0.472 e. The smallest absolute Gasteiger partial charge is 0.215 e. The highest BCUT2D eigenvalue weighted by Gasteiger charge is 2.27. The molecule has 0 bridgehead atoms. The Hall–Kier alpha value is -1.33. The van der Waals surface area contributed by atoms with Crippen LogP contribution in [0.4, 0.5) is 5.82 Å². The van der Waals surface area contributed by atoms with Crippen LogP contribution in [0.5, 0.6) is 5.88 Å². The first-order chi connectivity index (χ1) is 12.4. The molecule has 1 aliphatic carbocycles. The zero-order valence-corrected chi connectivity index (χ0v) is 15.2. The van der Waals surface area contributed by atoms with Crippen LogP contribution in [0.2, 0.25) is 0 Å². The van der Waals surface area contributed by atoms with E-state index in [-0.39, 0.29) is 6.10 Å². The van der Waals surface area contributed by atoms with E-state index < -0.39 is 0 Å². The summed E-state index contributed by atoms with van der Waals surface area (Å²) in [6.45, 7) is 6.10. The Bertz CT molecular complexity index is 541. The summed E-state index contributed by atoms with van der Waals surface area (Å²) in [4.78, 5) is 9.91. The molecule has 2 aliphatic heterocycles. The zero-order valence-electron chi connectivity index (χ0n) is 15.2. The van der Waals surface area contributed by atoms with Crippen LogP contribution in [0.3, 0.4) is 0 Å². The molecular weight excluding hydrogens is 314 g/mol. The molecule has 4 rings (SSSR count). The molecule has 5 heteroatoms. The van der Waals surface area contributed by atoms with Crippen molar-refractivity contribution < 1.29 is 9.47 Å². The van der Waals surface area contributed by atoms with Gasteiger partial charge in [0.15, 0.2) is 0 Å². The van der Waals surface area contributed by atoms with Crippen molar-refractivity contribution in [3.8, 4) is 5.88 Å². The van der Waals surface area contributed by atoms with Gasteiger partial charge in [0.1, 0.15) is 11.9 Å². The van der Waals surface area contributed by atoms with Crippen molar-refractivity contribution in [1.29, 1.82) is 0 Å². The van der Waals surface area contributed by atoms with E-state index in [1.807, 2.05) is 6.07 Å². The lowest BCUT2D eigenvalue weighted by Gasteiger charge is -2.36. The second kappa shape index (κ2) is 8.37. The third-order valence-corrected chi connectivity index (χ3v) is 5.81. The van der Waals surface area contributed by atoms with Crippen molar-refractivity contribution in [1.82, 2.24) is 9.88 Å². The molecule has 1 saturated carbocycles. The molecule has 0 amide bonds. The number of ether oxygens (including phenoxy) is 2. The molecule has 0 aromatic carbocycles. The van der Waals surface area contributed by atoms with E-state index in [9.17, 15) is 0 Å². The molecule has 0 N–H and O–H groups in total. The average Bonchev–Trinajstić information content (AvgIpc) is 2.97. The molecule has 3 aliphatic rings. The highest BCUT2D eigenvalue weighted by molar-refractivity contribution is 5.41. The number of nitrogens with zero attached hydrogens (tertiary/aromatic N) is 3. The lowest BCUT2D eigenvalue weighted by Crippen LogP contribution is -2.42. The highest BCUT2D eigenvalue weighted by atomic mass is 16.5. The lowest BCUT2D eigenvalue weighted by atomic mass is 9.91. The van der Waals surface area contributed by atoms with Crippen LogP contribution >= 0.6 is 0 Å². The summed E-state index contributed by atoms with van der Waals surface area (Å²) in [7, 11) is 0. The van der Waals surface area contributed by atoms with Crippen LogP contribution < -0.4 is 9.64 Å². The Balaban J connectivity index is 1.36. The normalized spacial score (nSPS) is 26.6. The lowest BCUT2D eigenvalue weighted by molar-refractivity contribution is 0.0625. The van der Waals surface area contributed by atoms with Gasteiger partial charge in [-0.1, -0.05) is 12.5 Å². The minimum atomic E-state index is 0.142. The van der Waals surface area contributed by atoms with E-state index in [2.05, 4.69) is 21.9 Å². The molecule has 1 aromatic heterocycles. The van der Waals surface area contributed by atoms with Crippen molar-refractivity contribution >= 4 is 5.82 Å². The van der Waals surface area contributed by atoms with Gasteiger partial charge in [-0.15, -0.1) is 0 Å². The monoisotopic (exact) mass is 345 g/mol. The van der Waals surface area contributed by atoms with E-state index in [0.717, 1.165) is 56.8 Å². The topological polar surface area (TPSA) is 37.8 Å². The van der Waals surface area contributed by atoms with Crippen LogP contribution in [0, 0.1) is 0 Å². The maximum Gasteiger partial charge on any atom is 0.215 e. The summed E-state index contributed by atoms with van der Waals surface area (Å²) < 4.78 is 11.7. The number of pyridine rings is 1. The number of aromatic nitrogens is 1. The summed E-state index contributed by atoms with van der Waals surface area (Å²) in [5.41, 5.74) is 0. The van der Waals surface area contributed by atoms with Crippen LogP contribution in [-0.4, -0.2) is 61.4 Å². The van der Waals surface area contributed by atoms with Gasteiger partial charge < -0.3 is 14.4 Å². The van der Waals surface area contributed by atoms with E-state index in [1.54, 1.807) is 0 Å². The molecule has 2 saturated heterocycles. The van der Waals surface area contributed by atoms with Crippen LogP contribution in [0.25, 0.3) is 0 Å². The molecular formula is C20H31N3O2. The van der Waals surface area contributed by atoms with E-state index >= 15 is 0 Å². The second-order valence-electron chi connectivity index (χ2n) is 7.61. The van der Waals surface area contributed by atoms with Crippen LogP contribution in [-0.2, 0) is 4.74 Å². The fourth-order valence-electron chi connectivity index (χ4n) is 4.07. The van der Waals surface area contributed by atoms with Crippen molar-refractivity contribution in [3.63, 3.8) is 0 Å². The van der Waals surface area contributed by atoms with Crippen LogP contribution in [0.1, 0.15) is 44.9 Å². The van der Waals surface area contributed by atoms with Gasteiger partial charge in [0, 0.05) is 44.9 Å². The second-order valence-corrected chi connectivity index (χ2v) is 7.61. The molecule has 1 aromatic rings. The van der Waals surface area contributed by atoms with E-state index in [0.29, 0.717) is 6.61 Å². The molecule has 5 nitrogen and oxygen atoms in total. The van der Waals surface area contributed by atoms with Gasteiger partial charge in [0.25, 0.3) is 0 Å². The van der Waals surface area contributed by atoms with Gasteiger partial charge in [-0.25, -0.2) is 0 Å². The minimum absolute atomic E-state index is 0.142. The predicted octanol–water partition coefficient (Wildman–Crippen LogP) is 3.09. The zero-order chi connectivity index (χ0) is 16.9. The van der Waals surface area contributed by atoms with Crippen molar-refractivity contribution in [2.75, 3.05) is 44.3 Å². The fourth-order valence-corrected chi connectivity index (χ4v) is 4.07. The number of hydrogen-bond acceptors (Lipinski definition) is 5. The molecule has 3 heterocycles.